The van der Waals surface area contributed by atoms with Crippen molar-refractivity contribution in [3.8, 4) is 5.69 Å². The van der Waals surface area contributed by atoms with Gasteiger partial charge in [-0.25, -0.2) is 14.1 Å². The number of aromatic nitrogens is 4. The van der Waals surface area contributed by atoms with Crippen LogP contribution in [0.4, 0.5) is 36.4 Å². The van der Waals surface area contributed by atoms with E-state index < -0.39 is 58.9 Å². The van der Waals surface area contributed by atoms with Crippen LogP contribution in [0.25, 0.3) is 16.7 Å². The molecule has 0 saturated carbocycles. The Kier molecular flexibility index (Phi) is 6.20. The van der Waals surface area contributed by atoms with Crippen LogP contribution < -0.4 is 10.9 Å². The van der Waals surface area contributed by atoms with Gasteiger partial charge in [-0.15, -0.1) is 0 Å². The fourth-order valence-electron chi connectivity index (χ4n) is 4.01. The third-order valence-corrected chi connectivity index (χ3v) is 6.83. The summed E-state index contributed by atoms with van der Waals surface area (Å²) in [5.41, 5.74) is -3.68. The average Bonchev–Trinajstić information content (AvgIpc) is 3.43. The van der Waals surface area contributed by atoms with E-state index >= 15 is 0 Å². The lowest BCUT2D eigenvalue weighted by Gasteiger charge is -2.16. The number of hydrogen-bond donors (Lipinski definition) is 1. The van der Waals surface area contributed by atoms with E-state index in [2.05, 4.69) is 15.4 Å². The molecule has 1 aliphatic rings. The minimum Gasteiger partial charge on any atom is -0.326 e. The highest BCUT2D eigenvalue weighted by atomic mass is 32.2. The molecule has 3 heterocycles. The summed E-state index contributed by atoms with van der Waals surface area (Å²) in [7, 11) is 0. The number of amides is 1. The van der Waals surface area contributed by atoms with Crippen molar-refractivity contribution in [1.29, 1.82) is 0 Å². The SMILES string of the molecule is O=C(CC1CSc2nc3c(cnn3-c3ccc(F)cc3)c(=O)n21)Nc1cc(C(F)(F)F)cc(C(F)(F)F)c1. The number of benzene rings is 2. The molecule has 5 rings (SSSR count). The molecule has 1 atom stereocenters. The van der Waals surface area contributed by atoms with E-state index in [0.29, 0.717) is 17.8 Å². The molecule has 0 fully saturated rings. The number of carbonyl (C=O) groups excluding carboxylic acids is 1. The van der Waals surface area contributed by atoms with Crippen LogP contribution in [-0.2, 0) is 17.1 Å². The summed E-state index contributed by atoms with van der Waals surface area (Å²) in [5.74, 6) is -1.14. The quantitative estimate of drug-likeness (QED) is 0.267. The first kappa shape index (κ1) is 25.8. The van der Waals surface area contributed by atoms with Crippen molar-refractivity contribution < 1.29 is 35.5 Å². The highest BCUT2D eigenvalue weighted by Crippen LogP contribution is 2.38. The number of rotatable bonds is 4. The van der Waals surface area contributed by atoms with Gasteiger partial charge < -0.3 is 5.32 Å². The molecule has 1 aliphatic heterocycles. The molecule has 0 radical (unpaired) electrons. The number of halogens is 7. The van der Waals surface area contributed by atoms with Gasteiger partial charge in [-0.2, -0.15) is 31.4 Å². The molecule has 1 unspecified atom stereocenters. The summed E-state index contributed by atoms with van der Waals surface area (Å²) in [6.07, 6.45) is -9.27. The Morgan fingerprint density at radius 3 is 2.26 bits per heavy atom. The lowest BCUT2D eigenvalue weighted by molar-refractivity contribution is -0.143. The first-order chi connectivity index (χ1) is 17.8. The van der Waals surface area contributed by atoms with Crippen molar-refractivity contribution in [2.24, 2.45) is 0 Å². The minimum atomic E-state index is -5.07. The molecule has 0 bridgehead atoms. The second-order valence-electron chi connectivity index (χ2n) is 8.35. The number of hydrogen-bond acceptors (Lipinski definition) is 5. The zero-order valence-electron chi connectivity index (χ0n) is 18.8. The maximum Gasteiger partial charge on any atom is 0.416 e. The first-order valence-electron chi connectivity index (χ1n) is 10.8. The van der Waals surface area contributed by atoms with E-state index in [-0.39, 0.29) is 28.0 Å². The largest absolute Gasteiger partial charge is 0.416 e. The minimum absolute atomic E-state index is 0.0396. The molecule has 1 amide bonds. The Balaban J connectivity index is 1.41. The Morgan fingerprint density at radius 2 is 1.66 bits per heavy atom. The van der Waals surface area contributed by atoms with Gasteiger partial charge in [0.1, 0.15) is 11.2 Å². The zero-order chi connectivity index (χ0) is 27.4. The van der Waals surface area contributed by atoms with Crippen molar-refractivity contribution in [3.63, 3.8) is 0 Å². The van der Waals surface area contributed by atoms with Crippen molar-refractivity contribution in [2.75, 3.05) is 11.1 Å². The van der Waals surface area contributed by atoms with Crippen molar-refractivity contribution >= 4 is 34.4 Å². The maximum atomic E-state index is 13.3. The number of nitrogens with zero attached hydrogens (tertiary/aromatic N) is 4. The predicted octanol–water partition coefficient (Wildman–Crippen LogP) is 5.43. The Bertz CT molecular complexity index is 1580. The van der Waals surface area contributed by atoms with Crippen LogP contribution in [0.15, 0.2) is 58.6 Å². The lowest BCUT2D eigenvalue weighted by Crippen LogP contribution is -2.28. The number of anilines is 1. The smallest absolute Gasteiger partial charge is 0.326 e. The lowest BCUT2D eigenvalue weighted by atomic mass is 10.1. The van der Waals surface area contributed by atoms with Gasteiger partial charge in [0, 0.05) is 17.9 Å². The summed E-state index contributed by atoms with van der Waals surface area (Å²) >= 11 is 1.15. The summed E-state index contributed by atoms with van der Waals surface area (Å²) in [6.45, 7) is 0. The van der Waals surface area contributed by atoms with E-state index in [0.717, 1.165) is 11.8 Å². The van der Waals surface area contributed by atoms with Gasteiger partial charge in [0.25, 0.3) is 5.56 Å². The Morgan fingerprint density at radius 1 is 1.03 bits per heavy atom. The molecule has 7 nitrogen and oxygen atoms in total. The third kappa shape index (κ3) is 4.85. The third-order valence-electron chi connectivity index (χ3n) is 5.73. The van der Waals surface area contributed by atoms with Crippen LogP contribution in [0, 0.1) is 5.82 Å². The van der Waals surface area contributed by atoms with E-state index in [1.165, 1.54) is 39.7 Å². The molecule has 15 heteroatoms. The summed E-state index contributed by atoms with van der Waals surface area (Å²) < 4.78 is 94.6. The van der Waals surface area contributed by atoms with E-state index in [4.69, 9.17) is 0 Å². The highest BCUT2D eigenvalue weighted by Gasteiger charge is 2.37. The fourth-order valence-corrected chi connectivity index (χ4v) is 5.14. The average molecular weight is 557 g/mol. The molecule has 2 aromatic heterocycles. The van der Waals surface area contributed by atoms with Crippen LogP contribution in [-0.4, -0.2) is 31.0 Å². The van der Waals surface area contributed by atoms with Crippen molar-refractivity contribution in [1.82, 2.24) is 19.3 Å². The van der Waals surface area contributed by atoms with Gasteiger partial charge in [0.2, 0.25) is 5.91 Å². The molecular formula is C23H14F7N5O2S. The molecule has 4 aromatic rings. The van der Waals surface area contributed by atoms with Gasteiger partial charge in [-0.05, 0) is 42.5 Å². The van der Waals surface area contributed by atoms with Crippen LogP contribution in [0.1, 0.15) is 23.6 Å². The maximum absolute atomic E-state index is 13.3. The summed E-state index contributed by atoms with van der Waals surface area (Å²) in [6, 6.07) is 5.35. The van der Waals surface area contributed by atoms with Crippen molar-refractivity contribution in [2.45, 2.75) is 30.0 Å². The number of nitrogens with one attached hydrogen (secondary N) is 1. The number of fused-ring (bicyclic) bond motifs is 2. The monoisotopic (exact) mass is 557 g/mol. The molecule has 0 spiro atoms. The summed E-state index contributed by atoms with van der Waals surface area (Å²) in [5, 5.41) is 6.58. The zero-order valence-corrected chi connectivity index (χ0v) is 19.6. The van der Waals surface area contributed by atoms with Gasteiger partial charge >= 0.3 is 12.4 Å². The van der Waals surface area contributed by atoms with Crippen LogP contribution >= 0.6 is 11.8 Å². The normalized spacial score (nSPS) is 15.6. The van der Waals surface area contributed by atoms with E-state index in [1.807, 2.05) is 0 Å². The second kappa shape index (κ2) is 9.15. The van der Waals surface area contributed by atoms with Crippen LogP contribution in [0.2, 0.25) is 0 Å². The molecule has 0 aliphatic carbocycles. The standard InChI is InChI=1S/C23H14F7N5O2S/c24-13-1-3-15(4-2-13)35-19-17(9-31-35)20(37)34-16(10-38-21(34)33-19)8-18(36)32-14-6-11(22(25,26)27)5-12(7-14)23(28,29)30/h1-7,9,16H,8,10H2,(H,32,36). The second-order valence-corrected chi connectivity index (χ2v) is 9.34. The molecule has 0 saturated heterocycles. The Hall–Kier alpha value is -3.88. The highest BCUT2D eigenvalue weighted by molar-refractivity contribution is 7.99. The van der Waals surface area contributed by atoms with Crippen molar-refractivity contribution in [3.05, 3.63) is 76.0 Å². The Labute approximate surface area is 212 Å². The molecule has 2 aromatic carbocycles. The first-order valence-corrected chi connectivity index (χ1v) is 11.8. The number of alkyl halides is 6. The molecule has 38 heavy (non-hydrogen) atoms. The number of carbonyl (C=O) groups is 1. The van der Waals surface area contributed by atoms with Crippen LogP contribution in [0.3, 0.4) is 0 Å². The van der Waals surface area contributed by atoms with Gasteiger partial charge in [-0.3, -0.25) is 14.2 Å². The fraction of sp³-hybridized carbons (Fsp3) is 0.217. The van der Waals surface area contributed by atoms with Gasteiger partial charge in [-0.1, -0.05) is 11.8 Å². The topological polar surface area (TPSA) is 81.8 Å². The summed E-state index contributed by atoms with van der Waals surface area (Å²) in [4.78, 5) is 30.3. The van der Waals surface area contributed by atoms with E-state index in [9.17, 15) is 40.3 Å². The van der Waals surface area contributed by atoms with Gasteiger partial charge in [0.05, 0.1) is 29.1 Å². The number of thioether (sulfide) groups is 1. The van der Waals surface area contributed by atoms with Crippen LogP contribution in [0.5, 0.6) is 0 Å². The molecular weight excluding hydrogens is 543 g/mol. The molecule has 1 N–H and O–H groups in total. The van der Waals surface area contributed by atoms with Gasteiger partial charge in [0.15, 0.2) is 10.8 Å². The molecule has 198 valence electrons. The predicted molar refractivity (Wildman–Crippen MR) is 123 cm³/mol. The van der Waals surface area contributed by atoms with E-state index in [1.54, 1.807) is 0 Å².